The van der Waals surface area contributed by atoms with Crippen LogP contribution in [0.1, 0.15) is 37.3 Å². The zero-order chi connectivity index (χ0) is 29.4. The van der Waals surface area contributed by atoms with Crippen molar-refractivity contribution in [1.82, 2.24) is 4.57 Å². The lowest BCUT2D eigenvalue weighted by atomic mass is 9.86. The van der Waals surface area contributed by atoms with Crippen molar-refractivity contribution in [2.45, 2.75) is 32.7 Å². The Kier molecular flexibility index (Phi) is 7.28. The first-order valence-corrected chi connectivity index (χ1v) is 13.1. The highest BCUT2D eigenvalue weighted by Crippen LogP contribution is 2.49. The molecule has 0 amide bonds. The summed E-state index contributed by atoms with van der Waals surface area (Å²) in [5, 5.41) is 33.0. The molecule has 1 atom stereocenters. The van der Waals surface area contributed by atoms with Crippen molar-refractivity contribution in [3.63, 3.8) is 0 Å². The molecule has 0 unspecified atom stereocenters. The van der Waals surface area contributed by atoms with Crippen LogP contribution in [-0.2, 0) is 16.1 Å². The molecule has 0 radical (unpaired) electrons. The van der Waals surface area contributed by atoms with Crippen LogP contribution in [0.4, 0.5) is 0 Å². The zero-order valence-electron chi connectivity index (χ0n) is 22.7. The van der Waals surface area contributed by atoms with Gasteiger partial charge in [-0.05, 0) is 23.4 Å². The van der Waals surface area contributed by atoms with E-state index in [9.17, 15) is 29.7 Å². The summed E-state index contributed by atoms with van der Waals surface area (Å²) >= 11 is 0. The maximum atomic E-state index is 14.1. The van der Waals surface area contributed by atoms with Gasteiger partial charge in [0.2, 0.25) is 5.75 Å². The average Bonchev–Trinajstić information content (AvgIpc) is 2.96. The van der Waals surface area contributed by atoms with E-state index in [2.05, 4.69) is 0 Å². The predicted octanol–water partition coefficient (Wildman–Crippen LogP) is 5.24. The van der Waals surface area contributed by atoms with Gasteiger partial charge in [-0.3, -0.25) is 14.4 Å². The predicted molar refractivity (Wildman–Crippen MR) is 154 cm³/mol. The number of rotatable bonds is 7. The van der Waals surface area contributed by atoms with Gasteiger partial charge in [0, 0.05) is 35.2 Å². The Balaban J connectivity index is 1.91. The summed E-state index contributed by atoms with van der Waals surface area (Å²) in [4.78, 5) is 40.1. The van der Waals surface area contributed by atoms with Gasteiger partial charge in [0.05, 0.1) is 19.0 Å². The van der Waals surface area contributed by atoms with E-state index in [1.54, 1.807) is 41.0 Å². The lowest BCUT2D eigenvalue weighted by molar-refractivity contribution is -0.140. The summed E-state index contributed by atoms with van der Waals surface area (Å²) in [6.45, 7) is 4.31. The van der Waals surface area contributed by atoms with Gasteiger partial charge < -0.3 is 29.0 Å². The van der Waals surface area contributed by atoms with Gasteiger partial charge in [-0.15, -0.1) is 0 Å². The minimum Gasteiger partial charge on any atom is -0.504 e. The molecule has 9 heteroatoms. The van der Waals surface area contributed by atoms with Crippen LogP contribution in [0, 0.1) is 5.92 Å². The largest absolute Gasteiger partial charge is 0.504 e. The molecule has 0 saturated carbocycles. The van der Waals surface area contributed by atoms with Crippen molar-refractivity contribution in [3.05, 3.63) is 98.4 Å². The molecule has 0 saturated heterocycles. The third-order valence-corrected chi connectivity index (χ3v) is 7.09. The second kappa shape index (κ2) is 10.8. The molecule has 210 valence electrons. The number of pyridine rings is 1. The molecular weight excluding hydrogens is 526 g/mol. The summed E-state index contributed by atoms with van der Waals surface area (Å²) in [6, 6.07) is 18.8. The lowest BCUT2D eigenvalue weighted by Gasteiger charge is -2.22. The number of phenols is 3. The Hall–Kier alpha value is -5.05. The number of carbonyl (C=O) groups excluding carboxylic acids is 1. The summed E-state index contributed by atoms with van der Waals surface area (Å²) in [6.07, 6.45) is -0.433. The lowest BCUT2D eigenvalue weighted by Crippen LogP contribution is -2.29. The summed E-state index contributed by atoms with van der Waals surface area (Å²) in [5.41, 5.74) is -0.227. The van der Waals surface area contributed by atoms with Crippen molar-refractivity contribution in [1.29, 1.82) is 0 Å². The van der Waals surface area contributed by atoms with E-state index in [0.29, 0.717) is 23.0 Å². The number of nitrogens with zero attached hydrogens (tertiary/aromatic N) is 1. The SMILES string of the molecule is COC(=O)C[C@H](c1cc2ccccc2n(CC(C)C)c1=O)c1c(O)c(O)c(O)c2c(=O)cc(-c3ccccc3)oc12. The van der Waals surface area contributed by atoms with Gasteiger partial charge in [0.1, 0.15) is 16.7 Å². The number of phenolic OH excluding ortho intramolecular Hbond substituents is 3. The number of para-hydroxylation sites is 1. The molecule has 0 aliphatic rings. The molecule has 3 aromatic carbocycles. The fourth-order valence-corrected chi connectivity index (χ4v) is 5.20. The van der Waals surface area contributed by atoms with Gasteiger partial charge in [-0.1, -0.05) is 62.4 Å². The topological polar surface area (TPSA) is 139 Å². The Labute approximate surface area is 234 Å². The van der Waals surface area contributed by atoms with E-state index < -0.39 is 51.9 Å². The maximum Gasteiger partial charge on any atom is 0.306 e. The first-order chi connectivity index (χ1) is 19.6. The molecule has 2 heterocycles. The number of hydrogen-bond acceptors (Lipinski definition) is 8. The molecule has 0 aliphatic carbocycles. The normalized spacial score (nSPS) is 12.2. The number of fused-ring (bicyclic) bond motifs is 2. The fourth-order valence-electron chi connectivity index (χ4n) is 5.20. The third-order valence-electron chi connectivity index (χ3n) is 7.09. The summed E-state index contributed by atoms with van der Waals surface area (Å²) in [7, 11) is 1.19. The minimum absolute atomic E-state index is 0.101. The molecule has 0 aliphatic heterocycles. The molecule has 0 fully saturated rings. The summed E-state index contributed by atoms with van der Waals surface area (Å²) in [5.74, 6) is -4.36. The smallest absolute Gasteiger partial charge is 0.306 e. The average molecular weight is 556 g/mol. The van der Waals surface area contributed by atoms with E-state index in [1.807, 2.05) is 38.1 Å². The molecule has 3 N–H and O–H groups in total. The van der Waals surface area contributed by atoms with Crippen LogP contribution in [0.2, 0.25) is 0 Å². The van der Waals surface area contributed by atoms with E-state index in [1.165, 1.54) is 13.2 Å². The maximum absolute atomic E-state index is 14.1. The monoisotopic (exact) mass is 555 g/mol. The second-order valence-corrected chi connectivity index (χ2v) is 10.3. The second-order valence-electron chi connectivity index (χ2n) is 10.3. The highest BCUT2D eigenvalue weighted by molar-refractivity contribution is 5.94. The van der Waals surface area contributed by atoms with E-state index >= 15 is 0 Å². The first kappa shape index (κ1) is 27.5. The Morgan fingerprint density at radius 2 is 1.61 bits per heavy atom. The van der Waals surface area contributed by atoms with Crippen LogP contribution in [0.3, 0.4) is 0 Å². The Morgan fingerprint density at radius 3 is 2.29 bits per heavy atom. The molecule has 2 aromatic heterocycles. The van der Waals surface area contributed by atoms with Crippen LogP contribution in [0.25, 0.3) is 33.2 Å². The number of aromatic nitrogens is 1. The molecule has 41 heavy (non-hydrogen) atoms. The Morgan fingerprint density at radius 1 is 0.927 bits per heavy atom. The zero-order valence-corrected chi connectivity index (χ0v) is 22.7. The van der Waals surface area contributed by atoms with Crippen molar-refractivity contribution in [2.75, 3.05) is 7.11 Å². The standard InChI is InChI=1S/C32H29NO8/c1-17(2)16-33-22-12-8-7-11-19(22)13-21(32(33)39)20(14-25(35)40-3)26-28(36)30(38)29(37)27-23(34)15-24(41-31(26)27)18-9-5-4-6-10-18/h4-13,15,17,20,36-38H,14,16H2,1-3H3/t20-/m1/s1. The van der Waals surface area contributed by atoms with Crippen molar-refractivity contribution in [2.24, 2.45) is 5.92 Å². The molecule has 0 bridgehead atoms. The van der Waals surface area contributed by atoms with E-state index in [4.69, 9.17) is 9.15 Å². The van der Waals surface area contributed by atoms with Crippen LogP contribution >= 0.6 is 0 Å². The number of methoxy groups -OCH3 is 1. The molecule has 5 aromatic rings. The van der Waals surface area contributed by atoms with E-state index in [0.717, 1.165) is 0 Å². The summed E-state index contributed by atoms with van der Waals surface area (Å²) < 4.78 is 12.7. The number of esters is 1. The fraction of sp³-hybridized carbons (Fsp3) is 0.219. The minimum atomic E-state index is -1.22. The van der Waals surface area contributed by atoms with Crippen molar-refractivity contribution in [3.8, 4) is 28.6 Å². The van der Waals surface area contributed by atoms with Gasteiger partial charge >= 0.3 is 5.97 Å². The van der Waals surface area contributed by atoms with Crippen molar-refractivity contribution < 1.29 is 29.3 Å². The van der Waals surface area contributed by atoms with Gasteiger partial charge in [-0.25, -0.2) is 0 Å². The van der Waals surface area contributed by atoms with Crippen LogP contribution < -0.4 is 11.0 Å². The molecular formula is C32H29NO8. The number of benzene rings is 3. The number of carbonyl (C=O) groups is 1. The molecule has 9 nitrogen and oxygen atoms in total. The Bertz CT molecular complexity index is 1900. The van der Waals surface area contributed by atoms with Gasteiger partial charge in [0.15, 0.2) is 16.9 Å². The quantitative estimate of drug-likeness (QED) is 0.183. The number of ether oxygens (including phenoxy) is 1. The molecule has 5 rings (SSSR count). The highest BCUT2D eigenvalue weighted by Gasteiger charge is 2.33. The third kappa shape index (κ3) is 4.91. The van der Waals surface area contributed by atoms with Gasteiger partial charge in [0.25, 0.3) is 5.56 Å². The van der Waals surface area contributed by atoms with Crippen LogP contribution in [-0.4, -0.2) is 33.0 Å². The number of hydrogen-bond donors (Lipinski definition) is 3. The number of aromatic hydroxyl groups is 3. The van der Waals surface area contributed by atoms with Crippen molar-refractivity contribution >= 4 is 27.8 Å². The van der Waals surface area contributed by atoms with Crippen LogP contribution in [0.15, 0.2) is 80.7 Å². The van der Waals surface area contributed by atoms with Gasteiger partial charge in [-0.2, -0.15) is 0 Å². The first-order valence-electron chi connectivity index (χ1n) is 13.1. The molecule has 0 spiro atoms. The van der Waals surface area contributed by atoms with E-state index in [-0.39, 0.29) is 28.4 Å². The highest BCUT2D eigenvalue weighted by atomic mass is 16.5. The van der Waals surface area contributed by atoms with Crippen LogP contribution in [0.5, 0.6) is 17.2 Å².